The third kappa shape index (κ3) is 4.68. The van der Waals surface area contributed by atoms with Crippen LogP contribution in [0, 0.1) is 0 Å². The van der Waals surface area contributed by atoms with E-state index < -0.39 is 0 Å². The Morgan fingerprint density at radius 2 is 2.08 bits per heavy atom. The number of H-pyrrole nitrogens is 1. The largest absolute Gasteiger partial charge is 0.467 e. The van der Waals surface area contributed by atoms with Crippen LogP contribution in [0.25, 0.3) is 0 Å². The van der Waals surface area contributed by atoms with Gasteiger partial charge in [-0.15, -0.1) is 0 Å². The second-order valence-electron chi connectivity index (χ2n) is 9.46. The summed E-state index contributed by atoms with van der Waals surface area (Å²) in [6.07, 6.45) is 3.89. The van der Waals surface area contributed by atoms with Gasteiger partial charge in [0.05, 0.1) is 25.5 Å². The number of nitrogens with zero attached hydrogens (tertiary/aromatic N) is 3. The fourth-order valence-corrected chi connectivity index (χ4v) is 5.08. The zero-order valence-corrected chi connectivity index (χ0v) is 21.3. The van der Waals surface area contributed by atoms with Gasteiger partial charge in [0.1, 0.15) is 23.3 Å². The molecule has 1 saturated heterocycles. The van der Waals surface area contributed by atoms with Gasteiger partial charge in [-0.1, -0.05) is 18.2 Å². The molecule has 0 saturated carbocycles. The highest BCUT2D eigenvalue weighted by atomic mass is 16.5. The quantitative estimate of drug-likeness (QED) is 0.341. The Balaban J connectivity index is 1.21. The maximum Gasteiger partial charge on any atom is 0.316 e. The highest BCUT2D eigenvalue weighted by molar-refractivity contribution is 5.59. The molecule has 2 aliphatic rings. The van der Waals surface area contributed by atoms with Crippen LogP contribution in [-0.4, -0.2) is 41.8 Å². The van der Waals surface area contributed by atoms with Crippen LogP contribution in [0.3, 0.4) is 0 Å². The lowest BCUT2D eigenvalue weighted by Crippen LogP contribution is -2.41. The number of benzene rings is 2. The van der Waals surface area contributed by atoms with Crippen molar-refractivity contribution in [1.82, 2.24) is 15.0 Å². The maximum atomic E-state index is 12.4. The van der Waals surface area contributed by atoms with Crippen molar-refractivity contribution in [1.29, 1.82) is 0 Å². The fraction of sp³-hybridized carbons (Fsp3) is 0.276. The topological polar surface area (TPSA) is 102 Å². The minimum absolute atomic E-state index is 0.0309. The van der Waals surface area contributed by atoms with Gasteiger partial charge in [-0.3, -0.25) is 4.79 Å². The van der Waals surface area contributed by atoms with Gasteiger partial charge in [0, 0.05) is 48.7 Å². The number of para-hydroxylation sites is 1. The van der Waals surface area contributed by atoms with Crippen LogP contribution in [0.4, 0.5) is 11.4 Å². The van der Waals surface area contributed by atoms with Gasteiger partial charge < -0.3 is 29.4 Å². The molecular formula is C29H29N5O4. The van der Waals surface area contributed by atoms with Gasteiger partial charge in [-0.05, 0) is 48.9 Å². The van der Waals surface area contributed by atoms with E-state index in [0.29, 0.717) is 31.4 Å². The summed E-state index contributed by atoms with van der Waals surface area (Å²) in [5, 5.41) is 3.52. The van der Waals surface area contributed by atoms with E-state index in [1.54, 1.807) is 19.5 Å². The maximum absolute atomic E-state index is 12.4. The first-order valence-electron chi connectivity index (χ1n) is 12.7. The lowest BCUT2D eigenvalue weighted by Gasteiger charge is -2.35. The average Bonchev–Trinajstić information content (AvgIpc) is 2.96. The molecule has 6 rings (SSSR count). The molecule has 2 aromatic carbocycles. The molecule has 2 aliphatic heterocycles. The van der Waals surface area contributed by atoms with Crippen LogP contribution in [0.15, 0.2) is 71.8 Å². The normalized spacial score (nSPS) is 17.1. The van der Waals surface area contributed by atoms with E-state index >= 15 is 0 Å². The third-order valence-electron chi connectivity index (χ3n) is 7.00. The summed E-state index contributed by atoms with van der Waals surface area (Å²) < 4.78 is 17.8. The van der Waals surface area contributed by atoms with Crippen molar-refractivity contribution in [2.45, 2.75) is 25.5 Å². The minimum atomic E-state index is -0.202. The summed E-state index contributed by atoms with van der Waals surface area (Å²) >= 11 is 0. The number of methoxy groups -OCH3 is 1. The highest BCUT2D eigenvalue weighted by Gasteiger charge is 2.29. The van der Waals surface area contributed by atoms with Crippen LogP contribution in [0.5, 0.6) is 17.5 Å². The fourth-order valence-electron chi connectivity index (χ4n) is 5.08. The summed E-state index contributed by atoms with van der Waals surface area (Å²) in [4.78, 5) is 25.7. The molecule has 194 valence electrons. The first-order valence-corrected chi connectivity index (χ1v) is 12.7. The first kappa shape index (κ1) is 24.0. The Bertz CT molecular complexity index is 1520. The van der Waals surface area contributed by atoms with Crippen molar-refractivity contribution in [3.63, 3.8) is 0 Å². The molecule has 0 bridgehead atoms. The Hall–Kier alpha value is -4.37. The number of nitrogens with one attached hydrogen (secondary N) is 2. The molecule has 9 heteroatoms. The molecule has 2 N–H and O–H groups in total. The number of rotatable bonds is 6. The van der Waals surface area contributed by atoms with Crippen molar-refractivity contribution in [3.8, 4) is 17.5 Å². The monoisotopic (exact) mass is 511 g/mol. The van der Waals surface area contributed by atoms with Crippen LogP contribution in [0.2, 0.25) is 0 Å². The predicted octanol–water partition coefficient (Wildman–Crippen LogP) is 4.62. The lowest BCUT2D eigenvalue weighted by molar-refractivity contribution is 0.0383. The Labute approximate surface area is 220 Å². The molecule has 2 unspecified atom stereocenters. The molecule has 9 nitrogen and oxygen atoms in total. The zero-order valence-electron chi connectivity index (χ0n) is 21.3. The van der Waals surface area contributed by atoms with E-state index in [0.717, 1.165) is 46.0 Å². The van der Waals surface area contributed by atoms with Gasteiger partial charge in [-0.25, -0.2) is 4.98 Å². The molecule has 1 fully saturated rings. The van der Waals surface area contributed by atoms with E-state index in [4.69, 9.17) is 14.2 Å². The molecule has 4 aromatic rings. The number of morpholine rings is 1. The van der Waals surface area contributed by atoms with E-state index in [2.05, 4.69) is 50.3 Å². The van der Waals surface area contributed by atoms with Crippen molar-refractivity contribution >= 4 is 11.4 Å². The number of hydrogen-bond donors (Lipinski definition) is 2. The molecule has 0 radical (unpaired) electrons. The summed E-state index contributed by atoms with van der Waals surface area (Å²) in [6, 6.07) is 18.2. The van der Waals surface area contributed by atoms with Crippen molar-refractivity contribution < 1.29 is 14.2 Å². The number of anilines is 2. The molecule has 38 heavy (non-hydrogen) atoms. The SMILES string of the molecule is COc1nccc(C(C)Nc2ccc3c(c2)Cc2cccc(C4CN(c5ccc[nH]c5=O)CCO4)c2O3)n1. The summed E-state index contributed by atoms with van der Waals surface area (Å²) in [6.45, 7) is 3.83. The Morgan fingerprint density at radius 1 is 1.16 bits per heavy atom. The molecule has 0 aliphatic carbocycles. The van der Waals surface area contributed by atoms with Gasteiger partial charge >= 0.3 is 6.01 Å². The predicted molar refractivity (Wildman–Crippen MR) is 144 cm³/mol. The van der Waals surface area contributed by atoms with Crippen molar-refractivity contribution in [2.24, 2.45) is 0 Å². The van der Waals surface area contributed by atoms with Crippen LogP contribution >= 0.6 is 0 Å². The number of aromatic amines is 1. The highest BCUT2D eigenvalue weighted by Crippen LogP contribution is 2.43. The smallest absolute Gasteiger partial charge is 0.316 e. The summed E-state index contributed by atoms with van der Waals surface area (Å²) in [5.41, 5.74) is 5.61. The molecule has 0 spiro atoms. The number of aromatic nitrogens is 3. The molecule has 2 aromatic heterocycles. The summed E-state index contributed by atoms with van der Waals surface area (Å²) in [5.74, 6) is 1.68. The van der Waals surface area contributed by atoms with Gasteiger partial charge in [0.25, 0.3) is 5.56 Å². The van der Waals surface area contributed by atoms with E-state index in [1.165, 1.54) is 0 Å². The third-order valence-corrected chi connectivity index (χ3v) is 7.00. The van der Waals surface area contributed by atoms with Crippen LogP contribution in [-0.2, 0) is 11.2 Å². The number of fused-ring (bicyclic) bond motifs is 2. The molecule has 0 amide bonds. The molecule has 2 atom stereocenters. The second kappa shape index (κ2) is 10.2. The number of pyridine rings is 1. The number of hydrogen-bond acceptors (Lipinski definition) is 8. The Kier molecular flexibility index (Phi) is 6.43. The van der Waals surface area contributed by atoms with E-state index in [9.17, 15) is 4.79 Å². The standard InChI is InChI=1S/C29H29N5O4/c1-18(23-10-12-31-29(33-23)36-2)32-21-8-9-25-20(16-21)15-19-5-3-6-22(27(19)38-25)26-17-34(13-14-37-26)24-7-4-11-30-28(24)35/h3-12,16,18,26,32H,13-15,17H2,1-2H3,(H,30,35). The zero-order chi connectivity index (χ0) is 26.1. The first-order chi connectivity index (χ1) is 18.6. The van der Waals surface area contributed by atoms with Crippen molar-refractivity contribution in [3.05, 3.63) is 99.7 Å². The van der Waals surface area contributed by atoms with Gasteiger partial charge in [-0.2, -0.15) is 4.98 Å². The Morgan fingerprint density at radius 3 is 2.95 bits per heavy atom. The lowest BCUT2D eigenvalue weighted by atomic mass is 9.95. The molecule has 4 heterocycles. The van der Waals surface area contributed by atoms with Gasteiger partial charge in [0.15, 0.2) is 0 Å². The average molecular weight is 512 g/mol. The minimum Gasteiger partial charge on any atom is -0.467 e. The van der Waals surface area contributed by atoms with Crippen molar-refractivity contribution in [2.75, 3.05) is 37.0 Å². The molecular weight excluding hydrogens is 482 g/mol. The van der Waals surface area contributed by atoms with Gasteiger partial charge in [0.2, 0.25) is 0 Å². The number of ether oxygens (including phenoxy) is 3. The second-order valence-corrected chi connectivity index (χ2v) is 9.46. The van der Waals surface area contributed by atoms with Crippen LogP contribution in [0.1, 0.15) is 41.5 Å². The van der Waals surface area contributed by atoms with E-state index in [-0.39, 0.29) is 17.7 Å². The van der Waals surface area contributed by atoms with Crippen LogP contribution < -0.4 is 25.2 Å². The summed E-state index contributed by atoms with van der Waals surface area (Å²) in [7, 11) is 1.56. The van der Waals surface area contributed by atoms with E-state index in [1.807, 2.05) is 36.4 Å².